The molecule has 1 saturated carbocycles. The lowest BCUT2D eigenvalue weighted by molar-refractivity contribution is -0.384. The number of nitro groups is 1. The number of carbonyl (C=O) groups excluding carboxylic acids is 1. The number of allylic oxidation sites excluding steroid dienone is 1. The standard InChI is InChI=1S/C19H23NO4/c1-5-19(4)17(21)10-15(13(2)3)11-18(19)24-12-14-6-8-16(9-7-14)20(22)23/h5-9,15,18H,1-2,10-12H2,3-4H3/t15-,18-,19+/m0/s1. The predicted molar refractivity (Wildman–Crippen MR) is 92.5 cm³/mol. The topological polar surface area (TPSA) is 69.4 Å². The highest BCUT2D eigenvalue weighted by Gasteiger charge is 2.45. The normalized spacial score (nSPS) is 26.8. The van der Waals surface area contributed by atoms with Gasteiger partial charge in [-0.3, -0.25) is 14.9 Å². The highest BCUT2D eigenvalue weighted by atomic mass is 16.6. The van der Waals surface area contributed by atoms with Gasteiger partial charge in [-0.2, -0.15) is 0 Å². The Bertz CT molecular complexity index is 664. The van der Waals surface area contributed by atoms with Crippen molar-refractivity contribution in [3.05, 3.63) is 64.8 Å². The first kappa shape index (κ1) is 18.1. The van der Waals surface area contributed by atoms with Crippen molar-refractivity contribution in [3.63, 3.8) is 0 Å². The van der Waals surface area contributed by atoms with Gasteiger partial charge in [-0.25, -0.2) is 0 Å². The highest BCUT2D eigenvalue weighted by molar-refractivity contribution is 5.88. The van der Waals surface area contributed by atoms with Crippen LogP contribution in [0.4, 0.5) is 5.69 Å². The van der Waals surface area contributed by atoms with Crippen LogP contribution in [0.3, 0.4) is 0 Å². The molecule has 128 valence electrons. The van der Waals surface area contributed by atoms with Gasteiger partial charge in [0.15, 0.2) is 0 Å². The molecule has 0 heterocycles. The predicted octanol–water partition coefficient (Wildman–Crippen LogP) is 4.23. The number of rotatable bonds is 6. The smallest absolute Gasteiger partial charge is 0.269 e. The molecule has 24 heavy (non-hydrogen) atoms. The van der Waals surface area contributed by atoms with Gasteiger partial charge in [0.2, 0.25) is 0 Å². The second kappa shape index (κ2) is 7.09. The number of hydrogen-bond donors (Lipinski definition) is 0. The van der Waals surface area contributed by atoms with Gasteiger partial charge in [-0.1, -0.05) is 18.2 Å². The Morgan fingerprint density at radius 3 is 2.58 bits per heavy atom. The summed E-state index contributed by atoms with van der Waals surface area (Å²) in [5.41, 5.74) is 1.15. The van der Waals surface area contributed by atoms with Gasteiger partial charge in [0.05, 0.1) is 23.0 Å². The first-order valence-corrected chi connectivity index (χ1v) is 7.95. The Morgan fingerprint density at radius 2 is 2.08 bits per heavy atom. The molecular formula is C19H23NO4. The number of ketones is 1. The number of Topliss-reactive ketones (excluding diaryl/α,β-unsaturated/α-hetero) is 1. The number of ether oxygens (including phenoxy) is 1. The summed E-state index contributed by atoms with van der Waals surface area (Å²) in [5, 5.41) is 10.7. The molecule has 3 atom stereocenters. The quantitative estimate of drug-likeness (QED) is 0.445. The van der Waals surface area contributed by atoms with E-state index in [-0.39, 0.29) is 23.5 Å². The maximum Gasteiger partial charge on any atom is 0.269 e. The summed E-state index contributed by atoms with van der Waals surface area (Å²) in [6.07, 6.45) is 2.57. The molecule has 2 rings (SSSR count). The van der Waals surface area contributed by atoms with Crippen molar-refractivity contribution in [2.45, 2.75) is 39.4 Å². The molecule has 0 radical (unpaired) electrons. The first-order valence-electron chi connectivity index (χ1n) is 7.95. The van der Waals surface area contributed by atoms with Gasteiger partial charge in [0.1, 0.15) is 5.78 Å². The summed E-state index contributed by atoms with van der Waals surface area (Å²) in [7, 11) is 0. The molecule has 0 aromatic heterocycles. The van der Waals surface area contributed by atoms with Crippen LogP contribution in [-0.4, -0.2) is 16.8 Å². The van der Waals surface area contributed by atoms with Crippen LogP contribution in [0.5, 0.6) is 0 Å². The molecule has 1 aromatic carbocycles. The van der Waals surface area contributed by atoms with Gasteiger partial charge in [0.25, 0.3) is 5.69 Å². The van der Waals surface area contributed by atoms with Gasteiger partial charge < -0.3 is 4.74 Å². The molecule has 0 amide bonds. The van der Waals surface area contributed by atoms with Crippen molar-refractivity contribution in [1.82, 2.24) is 0 Å². The third kappa shape index (κ3) is 3.62. The lowest BCUT2D eigenvalue weighted by atomic mass is 9.67. The summed E-state index contributed by atoms with van der Waals surface area (Å²) in [6, 6.07) is 6.25. The van der Waals surface area contributed by atoms with E-state index >= 15 is 0 Å². The summed E-state index contributed by atoms with van der Waals surface area (Å²) in [4.78, 5) is 22.8. The molecule has 0 saturated heterocycles. The van der Waals surface area contributed by atoms with Crippen LogP contribution in [0.25, 0.3) is 0 Å². The number of carbonyl (C=O) groups is 1. The van der Waals surface area contributed by atoms with Crippen molar-refractivity contribution in [3.8, 4) is 0 Å². The zero-order valence-corrected chi connectivity index (χ0v) is 14.2. The Kier molecular flexibility index (Phi) is 5.34. The minimum Gasteiger partial charge on any atom is -0.372 e. The molecule has 1 fully saturated rings. The Hall–Kier alpha value is -2.27. The third-order valence-corrected chi connectivity index (χ3v) is 4.92. The van der Waals surface area contributed by atoms with E-state index in [9.17, 15) is 14.9 Å². The first-order chi connectivity index (χ1) is 11.3. The fourth-order valence-electron chi connectivity index (χ4n) is 2.98. The minimum atomic E-state index is -0.716. The van der Waals surface area contributed by atoms with E-state index in [0.717, 1.165) is 17.6 Å². The fraction of sp³-hybridized carbons (Fsp3) is 0.421. The zero-order valence-electron chi connectivity index (χ0n) is 14.2. The van der Waals surface area contributed by atoms with Crippen LogP contribution in [0, 0.1) is 21.4 Å². The lowest BCUT2D eigenvalue weighted by Gasteiger charge is -2.41. The molecule has 0 unspecified atom stereocenters. The molecule has 5 nitrogen and oxygen atoms in total. The molecule has 0 N–H and O–H groups in total. The number of nitrogens with zero attached hydrogens (tertiary/aromatic N) is 1. The number of hydrogen-bond acceptors (Lipinski definition) is 4. The fourth-order valence-corrected chi connectivity index (χ4v) is 2.98. The van der Waals surface area contributed by atoms with Crippen LogP contribution in [0.2, 0.25) is 0 Å². The number of non-ortho nitro benzene ring substituents is 1. The molecule has 5 heteroatoms. The average molecular weight is 329 g/mol. The number of benzene rings is 1. The minimum absolute atomic E-state index is 0.0462. The van der Waals surface area contributed by atoms with Gasteiger partial charge in [-0.15, -0.1) is 6.58 Å². The third-order valence-electron chi connectivity index (χ3n) is 4.92. The van der Waals surface area contributed by atoms with E-state index in [0.29, 0.717) is 13.0 Å². The van der Waals surface area contributed by atoms with E-state index in [2.05, 4.69) is 13.2 Å². The molecule has 1 aromatic rings. The Balaban J connectivity index is 2.12. The van der Waals surface area contributed by atoms with Crippen LogP contribution in [-0.2, 0) is 16.1 Å². The van der Waals surface area contributed by atoms with Crippen molar-refractivity contribution in [2.75, 3.05) is 0 Å². The van der Waals surface area contributed by atoms with Gasteiger partial charge in [-0.05, 0) is 43.9 Å². The molecule has 0 bridgehead atoms. The van der Waals surface area contributed by atoms with E-state index in [1.165, 1.54) is 12.1 Å². The van der Waals surface area contributed by atoms with Crippen LogP contribution in [0.15, 0.2) is 49.1 Å². The average Bonchev–Trinajstić information content (AvgIpc) is 2.56. The Morgan fingerprint density at radius 1 is 1.46 bits per heavy atom. The maximum absolute atomic E-state index is 12.5. The van der Waals surface area contributed by atoms with Crippen molar-refractivity contribution >= 4 is 11.5 Å². The highest BCUT2D eigenvalue weighted by Crippen LogP contribution is 2.41. The second-order valence-electron chi connectivity index (χ2n) is 6.62. The molecule has 0 spiro atoms. The summed E-state index contributed by atoms with van der Waals surface area (Å²) >= 11 is 0. The van der Waals surface area contributed by atoms with Gasteiger partial charge >= 0.3 is 0 Å². The monoisotopic (exact) mass is 329 g/mol. The van der Waals surface area contributed by atoms with Crippen LogP contribution >= 0.6 is 0 Å². The largest absolute Gasteiger partial charge is 0.372 e. The summed E-state index contributed by atoms with van der Waals surface area (Å²) in [6.45, 7) is 11.9. The second-order valence-corrected chi connectivity index (χ2v) is 6.62. The zero-order chi connectivity index (χ0) is 17.9. The van der Waals surface area contributed by atoms with Crippen molar-refractivity contribution in [1.29, 1.82) is 0 Å². The maximum atomic E-state index is 12.5. The summed E-state index contributed by atoms with van der Waals surface area (Å²) < 4.78 is 6.02. The summed E-state index contributed by atoms with van der Waals surface area (Å²) in [5.74, 6) is 0.234. The molecular weight excluding hydrogens is 306 g/mol. The van der Waals surface area contributed by atoms with E-state index in [4.69, 9.17) is 4.74 Å². The van der Waals surface area contributed by atoms with E-state index < -0.39 is 10.3 Å². The van der Waals surface area contributed by atoms with Gasteiger partial charge in [0, 0.05) is 18.6 Å². The molecule has 0 aliphatic heterocycles. The van der Waals surface area contributed by atoms with Crippen LogP contribution < -0.4 is 0 Å². The number of nitro benzene ring substituents is 1. The lowest BCUT2D eigenvalue weighted by Crippen LogP contribution is -2.46. The van der Waals surface area contributed by atoms with Crippen molar-refractivity contribution < 1.29 is 14.5 Å². The van der Waals surface area contributed by atoms with Crippen molar-refractivity contribution in [2.24, 2.45) is 11.3 Å². The van der Waals surface area contributed by atoms with E-state index in [1.807, 2.05) is 13.8 Å². The molecule has 1 aliphatic rings. The van der Waals surface area contributed by atoms with Crippen LogP contribution in [0.1, 0.15) is 32.3 Å². The molecule has 1 aliphatic carbocycles. The SMILES string of the molecule is C=C[C@]1(C)C(=O)C[C@H](C(=C)C)C[C@@H]1OCc1ccc([N+](=O)[O-])cc1. The van der Waals surface area contributed by atoms with E-state index in [1.54, 1.807) is 18.2 Å². The Labute approximate surface area is 142 Å².